The zero-order valence-corrected chi connectivity index (χ0v) is 13.0. The molecule has 20 heavy (non-hydrogen) atoms. The highest BCUT2D eigenvalue weighted by Crippen LogP contribution is 2.37. The largest absolute Gasteiger partial charge is 0.377 e. The Hall–Kier alpha value is -1.08. The molecular weight excluding hydrogens is 244 g/mol. The van der Waals surface area contributed by atoms with Gasteiger partial charge < -0.3 is 4.74 Å². The van der Waals surface area contributed by atoms with E-state index in [1.165, 1.54) is 43.2 Å². The molecule has 110 valence electrons. The molecule has 0 spiro atoms. The van der Waals surface area contributed by atoms with Crippen LogP contribution in [-0.4, -0.2) is 6.61 Å². The number of hydrogen-bond donors (Lipinski definition) is 0. The highest BCUT2D eigenvalue weighted by molar-refractivity contribution is 5.25. The highest BCUT2D eigenvalue weighted by atomic mass is 16.5. The minimum Gasteiger partial charge on any atom is -0.377 e. The third kappa shape index (κ3) is 4.49. The molecule has 0 bridgehead atoms. The second-order valence-corrected chi connectivity index (χ2v) is 5.90. The van der Waals surface area contributed by atoms with Gasteiger partial charge in [-0.2, -0.15) is 0 Å². The molecule has 1 aliphatic rings. The molecule has 1 fully saturated rings. The van der Waals surface area contributed by atoms with E-state index < -0.39 is 0 Å². The van der Waals surface area contributed by atoms with E-state index in [1.54, 1.807) is 0 Å². The van der Waals surface area contributed by atoms with Gasteiger partial charge in [0.25, 0.3) is 0 Å². The summed E-state index contributed by atoms with van der Waals surface area (Å²) in [5.41, 5.74) is 2.81. The normalized spacial score (nSPS) is 23.3. The van der Waals surface area contributed by atoms with Gasteiger partial charge in [0.15, 0.2) is 0 Å². The van der Waals surface area contributed by atoms with Gasteiger partial charge in [0.2, 0.25) is 0 Å². The third-order valence-corrected chi connectivity index (χ3v) is 4.48. The molecule has 1 aliphatic carbocycles. The highest BCUT2D eigenvalue weighted by Gasteiger charge is 2.21. The summed E-state index contributed by atoms with van der Waals surface area (Å²) in [6.07, 6.45) is 11.3. The summed E-state index contributed by atoms with van der Waals surface area (Å²) in [5, 5.41) is 0. The van der Waals surface area contributed by atoms with Crippen LogP contribution in [0.2, 0.25) is 0 Å². The van der Waals surface area contributed by atoms with Crippen molar-refractivity contribution in [2.75, 3.05) is 6.61 Å². The molecule has 1 aromatic rings. The molecule has 0 amide bonds. The SMILES string of the molecule is CC=CC[C@H]1CC[C@H](c2ccc(COCC)cc2)CC1. The Balaban J connectivity index is 1.84. The van der Waals surface area contributed by atoms with E-state index in [9.17, 15) is 0 Å². The Morgan fingerprint density at radius 3 is 2.40 bits per heavy atom. The molecule has 1 saturated carbocycles. The van der Waals surface area contributed by atoms with E-state index in [-0.39, 0.29) is 0 Å². The van der Waals surface area contributed by atoms with Crippen molar-refractivity contribution in [3.63, 3.8) is 0 Å². The van der Waals surface area contributed by atoms with Crippen LogP contribution in [0.5, 0.6) is 0 Å². The summed E-state index contributed by atoms with van der Waals surface area (Å²) in [7, 11) is 0. The quantitative estimate of drug-likeness (QED) is 0.624. The van der Waals surface area contributed by atoms with Gasteiger partial charge in [-0.3, -0.25) is 0 Å². The average molecular weight is 272 g/mol. The van der Waals surface area contributed by atoms with Crippen molar-refractivity contribution >= 4 is 0 Å². The number of rotatable bonds is 6. The van der Waals surface area contributed by atoms with Crippen LogP contribution in [0.4, 0.5) is 0 Å². The van der Waals surface area contributed by atoms with E-state index in [0.717, 1.165) is 25.0 Å². The molecule has 0 N–H and O–H groups in total. The fourth-order valence-corrected chi connectivity index (χ4v) is 3.17. The summed E-state index contributed by atoms with van der Waals surface area (Å²) >= 11 is 0. The summed E-state index contributed by atoms with van der Waals surface area (Å²) in [6, 6.07) is 9.09. The van der Waals surface area contributed by atoms with Gasteiger partial charge in [-0.25, -0.2) is 0 Å². The number of hydrogen-bond acceptors (Lipinski definition) is 1. The topological polar surface area (TPSA) is 9.23 Å². The summed E-state index contributed by atoms with van der Waals surface area (Å²) < 4.78 is 5.45. The molecule has 0 aliphatic heterocycles. The third-order valence-electron chi connectivity index (χ3n) is 4.48. The molecule has 0 atom stereocenters. The molecule has 1 aromatic carbocycles. The fourth-order valence-electron chi connectivity index (χ4n) is 3.17. The molecule has 1 heteroatoms. The maximum atomic E-state index is 5.45. The lowest BCUT2D eigenvalue weighted by atomic mass is 9.77. The van der Waals surface area contributed by atoms with Crippen LogP contribution in [0.3, 0.4) is 0 Å². The van der Waals surface area contributed by atoms with Crippen molar-refractivity contribution in [2.24, 2.45) is 5.92 Å². The molecule has 0 saturated heterocycles. The molecule has 0 unspecified atom stereocenters. The lowest BCUT2D eigenvalue weighted by molar-refractivity contribution is 0.134. The first kappa shape index (κ1) is 15.3. The molecule has 1 nitrogen and oxygen atoms in total. The minimum atomic E-state index is 0.743. The first-order valence-corrected chi connectivity index (χ1v) is 8.11. The molecule has 0 heterocycles. The minimum absolute atomic E-state index is 0.743. The van der Waals surface area contributed by atoms with Gasteiger partial charge in [0.1, 0.15) is 0 Å². The predicted molar refractivity (Wildman–Crippen MR) is 85.9 cm³/mol. The van der Waals surface area contributed by atoms with Crippen molar-refractivity contribution in [3.8, 4) is 0 Å². The van der Waals surface area contributed by atoms with Crippen LogP contribution >= 0.6 is 0 Å². The molecule has 2 rings (SSSR count). The van der Waals surface area contributed by atoms with Crippen molar-refractivity contribution in [1.82, 2.24) is 0 Å². The van der Waals surface area contributed by atoms with Gasteiger partial charge in [-0.05, 0) is 68.9 Å². The molecule has 0 aromatic heterocycles. The smallest absolute Gasteiger partial charge is 0.0716 e. The van der Waals surface area contributed by atoms with Crippen molar-refractivity contribution < 1.29 is 4.74 Å². The van der Waals surface area contributed by atoms with Crippen LogP contribution in [-0.2, 0) is 11.3 Å². The lowest BCUT2D eigenvalue weighted by Gasteiger charge is -2.28. The average Bonchev–Trinajstić information content (AvgIpc) is 2.52. The predicted octanol–water partition coefficient (Wildman–Crippen LogP) is 5.46. The van der Waals surface area contributed by atoms with Crippen LogP contribution in [0.25, 0.3) is 0 Å². The zero-order chi connectivity index (χ0) is 14.2. The Labute approximate surface area is 124 Å². The maximum absolute atomic E-state index is 5.45. The van der Waals surface area contributed by atoms with Crippen molar-refractivity contribution in [1.29, 1.82) is 0 Å². The van der Waals surface area contributed by atoms with Crippen molar-refractivity contribution in [2.45, 2.75) is 58.5 Å². The second-order valence-electron chi connectivity index (χ2n) is 5.90. The van der Waals surface area contributed by atoms with Gasteiger partial charge in [-0.1, -0.05) is 36.4 Å². The van der Waals surface area contributed by atoms with Gasteiger partial charge in [0.05, 0.1) is 6.61 Å². The van der Waals surface area contributed by atoms with Gasteiger partial charge >= 0.3 is 0 Å². The Kier molecular flexibility index (Phi) is 6.32. The van der Waals surface area contributed by atoms with Crippen LogP contribution in [0.15, 0.2) is 36.4 Å². The molecule has 0 radical (unpaired) electrons. The van der Waals surface area contributed by atoms with Crippen LogP contribution in [0, 0.1) is 5.92 Å². The van der Waals surface area contributed by atoms with E-state index in [4.69, 9.17) is 4.74 Å². The van der Waals surface area contributed by atoms with E-state index >= 15 is 0 Å². The van der Waals surface area contributed by atoms with Gasteiger partial charge in [0, 0.05) is 6.61 Å². The van der Waals surface area contributed by atoms with Crippen LogP contribution < -0.4 is 0 Å². The van der Waals surface area contributed by atoms with Crippen molar-refractivity contribution in [3.05, 3.63) is 47.5 Å². The van der Waals surface area contributed by atoms with E-state index in [0.29, 0.717) is 0 Å². The Morgan fingerprint density at radius 2 is 1.80 bits per heavy atom. The molecular formula is C19H28O. The summed E-state index contributed by atoms with van der Waals surface area (Å²) in [5.74, 6) is 1.69. The first-order chi connectivity index (χ1) is 9.83. The summed E-state index contributed by atoms with van der Waals surface area (Å²) in [6.45, 7) is 5.70. The Morgan fingerprint density at radius 1 is 1.10 bits per heavy atom. The first-order valence-electron chi connectivity index (χ1n) is 8.11. The standard InChI is InChI=1S/C19H28O/c1-3-5-6-16-7-11-18(12-8-16)19-13-9-17(10-14-19)15-20-4-2/h3,5,9-10,13-14,16,18H,4,6-8,11-12,15H2,1-2H3/t16-,18-. The number of benzene rings is 1. The monoisotopic (exact) mass is 272 g/mol. The lowest BCUT2D eigenvalue weighted by Crippen LogP contribution is -2.12. The maximum Gasteiger partial charge on any atom is 0.0716 e. The zero-order valence-electron chi connectivity index (χ0n) is 13.0. The number of ether oxygens (including phenoxy) is 1. The number of allylic oxidation sites excluding steroid dienone is 2. The Bertz CT molecular complexity index is 396. The van der Waals surface area contributed by atoms with E-state index in [1.807, 2.05) is 6.92 Å². The fraction of sp³-hybridized carbons (Fsp3) is 0.579. The second kappa shape index (κ2) is 8.26. The van der Waals surface area contributed by atoms with Gasteiger partial charge in [-0.15, -0.1) is 0 Å². The van der Waals surface area contributed by atoms with Crippen LogP contribution in [0.1, 0.15) is 63.0 Å². The summed E-state index contributed by atoms with van der Waals surface area (Å²) in [4.78, 5) is 0. The van der Waals surface area contributed by atoms with E-state index in [2.05, 4.69) is 43.3 Å².